The zero-order chi connectivity index (χ0) is 13.3. The molecule has 0 unspecified atom stereocenters. The van der Waals surface area contributed by atoms with Crippen LogP contribution in [0.2, 0.25) is 0 Å². The Balaban J connectivity index is 2.18. The standard InChI is InChI=1S/C10H14N4O3S/c1-14(7-2-5-18(16,17)6-7)10(15)8-9(11)13-4-3-12-8/h3-4,7H,2,5-6H2,1H3,(H2,11,13)/t7-/m0/s1. The van der Waals surface area contributed by atoms with Crippen LogP contribution in [0, 0.1) is 0 Å². The molecular weight excluding hydrogens is 256 g/mol. The van der Waals surface area contributed by atoms with Gasteiger partial charge in [0.1, 0.15) is 0 Å². The van der Waals surface area contributed by atoms with Gasteiger partial charge >= 0.3 is 0 Å². The fourth-order valence-electron chi connectivity index (χ4n) is 1.93. The van der Waals surface area contributed by atoms with Crippen molar-refractivity contribution in [2.24, 2.45) is 0 Å². The first kappa shape index (κ1) is 12.7. The average Bonchev–Trinajstić information content (AvgIpc) is 2.68. The van der Waals surface area contributed by atoms with Crippen molar-refractivity contribution in [3.8, 4) is 0 Å². The van der Waals surface area contributed by atoms with Crippen molar-refractivity contribution < 1.29 is 13.2 Å². The monoisotopic (exact) mass is 270 g/mol. The first-order chi connectivity index (χ1) is 8.41. The molecule has 0 saturated carbocycles. The molecule has 0 spiro atoms. The molecule has 98 valence electrons. The Labute approximate surface area is 105 Å². The third kappa shape index (κ3) is 2.42. The number of hydrogen-bond acceptors (Lipinski definition) is 6. The predicted octanol–water partition coefficient (Wildman–Crippen LogP) is -0.682. The molecule has 2 heterocycles. The van der Waals surface area contributed by atoms with Crippen LogP contribution in [0.5, 0.6) is 0 Å². The van der Waals surface area contributed by atoms with Crippen LogP contribution >= 0.6 is 0 Å². The zero-order valence-corrected chi connectivity index (χ0v) is 10.7. The highest BCUT2D eigenvalue weighted by Gasteiger charge is 2.33. The maximum atomic E-state index is 12.1. The van der Waals surface area contributed by atoms with Crippen LogP contribution < -0.4 is 5.73 Å². The Hall–Kier alpha value is -1.70. The molecular formula is C10H14N4O3S. The number of hydrogen-bond donors (Lipinski definition) is 1. The SMILES string of the molecule is CN(C(=O)c1nccnc1N)[C@H]1CCS(=O)(=O)C1. The second kappa shape index (κ2) is 4.52. The molecule has 2 N–H and O–H groups in total. The van der Waals surface area contributed by atoms with E-state index in [-0.39, 0.29) is 29.1 Å². The molecule has 1 aliphatic rings. The number of amides is 1. The van der Waals surface area contributed by atoms with Gasteiger partial charge in [-0.15, -0.1) is 0 Å². The molecule has 1 amide bonds. The van der Waals surface area contributed by atoms with E-state index in [1.54, 1.807) is 7.05 Å². The third-order valence-corrected chi connectivity index (χ3v) is 4.76. The van der Waals surface area contributed by atoms with E-state index in [9.17, 15) is 13.2 Å². The van der Waals surface area contributed by atoms with E-state index >= 15 is 0 Å². The second-order valence-electron chi connectivity index (χ2n) is 4.26. The fourth-order valence-corrected chi connectivity index (χ4v) is 3.70. The quantitative estimate of drug-likeness (QED) is 0.763. The lowest BCUT2D eigenvalue weighted by Crippen LogP contribution is -2.38. The van der Waals surface area contributed by atoms with E-state index in [0.717, 1.165) is 0 Å². The minimum absolute atomic E-state index is 0.00456. The predicted molar refractivity (Wildman–Crippen MR) is 65.6 cm³/mol. The van der Waals surface area contributed by atoms with E-state index in [2.05, 4.69) is 9.97 Å². The Morgan fingerprint density at radius 3 is 2.67 bits per heavy atom. The minimum atomic E-state index is -3.03. The largest absolute Gasteiger partial charge is 0.382 e. The van der Waals surface area contributed by atoms with E-state index in [1.165, 1.54) is 17.3 Å². The molecule has 7 nitrogen and oxygen atoms in total. The molecule has 0 bridgehead atoms. The third-order valence-electron chi connectivity index (χ3n) is 3.01. The summed E-state index contributed by atoms with van der Waals surface area (Å²) in [7, 11) is -1.47. The van der Waals surface area contributed by atoms with Gasteiger partial charge in [-0.1, -0.05) is 0 Å². The lowest BCUT2D eigenvalue weighted by Gasteiger charge is -2.23. The molecule has 18 heavy (non-hydrogen) atoms. The summed E-state index contributed by atoms with van der Waals surface area (Å²) in [6, 6.07) is -0.316. The highest BCUT2D eigenvalue weighted by Crippen LogP contribution is 2.18. The van der Waals surface area contributed by atoms with Gasteiger partial charge in [0.2, 0.25) is 0 Å². The van der Waals surface area contributed by atoms with Crippen LogP contribution in [0.3, 0.4) is 0 Å². The normalized spacial score (nSPS) is 21.7. The van der Waals surface area contributed by atoms with Gasteiger partial charge in [0.15, 0.2) is 21.3 Å². The highest BCUT2D eigenvalue weighted by molar-refractivity contribution is 7.91. The van der Waals surface area contributed by atoms with E-state index < -0.39 is 15.7 Å². The minimum Gasteiger partial charge on any atom is -0.382 e. The number of sulfone groups is 1. The van der Waals surface area contributed by atoms with Crippen LogP contribution in [-0.2, 0) is 9.84 Å². The highest BCUT2D eigenvalue weighted by atomic mass is 32.2. The Bertz CT molecular complexity index is 572. The number of anilines is 1. The van der Waals surface area contributed by atoms with Gasteiger partial charge in [0.25, 0.3) is 5.91 Å². The van der Waals surface area contributed by atoms with Crippen LogP contribution in [0.1, 0.15) is 16.9 Å². The molecule has 2 rings (SSSR count). The van der Waals surface area contributed by atoms with Gasteiger partial charge < -0.3 is 10.6 Å². The molecule has 1 saturated heterocycles. The van der Waals surface area contributed by atoms with Gasteiger partial charge in [0, 0.05) is 25.5 Å². The molecule has 0 radical (unpaired) electrons. The smallest absolute Gasteiger partial charge is 0.276 e. The van der Waals surface area contributed by atoms with Crippen molar-refractivity contribution >= 4 is 21.6 Å². The first-order valence-corrected chi connectivity index (χ1v) is 7.27. The topological polar surface area (TPSA) is 106 Å². The maximum absolute atomic E-state index is 12.1. The molecule has 1 aromatic rings. The first-order valence-electron chi connectivity index (χ1n) is 5.45. The summed E-state index contributed by atoms with van der Waals surface area (Å²) in [6.45, 7) is 0. The zero-order valence-electron chi connectivity index (χ0n) is 9.91. The van der Waals surface area contributed by atoms with Gasteiger partial charge in [-0.2, -0.15) is 0 Å². The number of aromatic nitrogens is 2. The van der Waals surface area contributed by atoms with Crippen LogP contribution in [-0.4, -0.2) is 53.8 Å². The number of rotatable bonds is 2. The van der Waals surface area contributed by atoms with Crippen molar-refractivity contribution in [3.05, 3.63) is 18.1 Å². The molecule has 0 aromatic carbocycles. The lowest BCUT2D eigenvalue weighted by atomic mass is 10.2. The molecule has 1 fully saturated rings. The van der Waals surface area contributed by atoms with Crippen molar-refractivity contribution in [1.29, 1.82) is 0 Å². The fraction of sp³-hybridized carbons (Fsp3) is 0.500. The van der Waals surface area contributed by atoms with Crippen molar-refractivity contribution in [2.45, 2.75) is 12.5 Å². The summed E-state index contributed by atoms with van der Waals surface area (Å²) in [5.74, 6) is -0.237. The Morgan fingerprint density at radius 1 is 1.44 bits per heavy atom. The van der Waals surface area contributed by atoms with Crippen LogP contribution in [0.25, 0.3) is 0 Å². The maximum Gasteiger partial charge on any atom is 0.276 e. The second-order valence-corrected chi connectivity index (χ2v) is 6.49. The van der Waals surface area contributed by atoms with Crippen molar-refractivity contribution in [1.82, 2.24) is 14.9 Å². The Morgan fingerprint density at radius 2 is 2.11 bits per heavy atom. The summed E-state index contributed by atoms with van der Waals surface area (Å²) in [6.07, 6.45) is 3.22. The number of nitrogens with zero attached hydrogens (tertiary/aromatic N) is 3. The van der Waals surface area contributed by atoms with Gasteiger partial charge in [0.05, 0.1) is 11.5 Å². The summed E-state index contributed by atoms with van der Waals surface area (Å²) >= 11 is 0. The van der Waals surface area contributed by atoms with Gasteiger partial charge in [-0.05, 0) is 6.42 Å². The molecule has 1 aromatic heterocycles. The summed E-state index contributed by atoms with van der Waals surface area (Å²) in [4.78, 5) is 21.2. The Kier molecular flexibility index (Phi) is 3.20. The van der Waals surface area contributed by atoms with Crippen LogP contribution in [0.4, 0.5) is 5.82 Å². The molecule has 8 heteroatoms. The summed E-state index contributed by atoms with van der Waals surface area (Å²) in [5.41, 5.74) is 5.63. The molecule has 1 atom stereocenters. The average molecular weight is 270 g/mol. The van der Waals surface area contributed by atoms with Gasteiger partial charge in [-0.3, -0.25) is 4.79 Å². The van der Waals surface area contributed by atoms with Crippen molar-refractivity contribution in [2.75, 3.05) is 24.3 Å². The number of carbonyl (C=O) groups is 1. The van der Waals surface area contributed by atoms with E-state index in [1.807, 2.05) is 0 Å². The lowest BCUT2D eigenvalue weighted by molar-refractivity contribution is 0.0742. The number of nitrogen functional groups attached to an aromatic ring is 1. The number of carbonyl (C=O) groups excluding carboxylic acids is 1. The van der Waals surface area contributed by atoms with Gasteiger partial charge in [-0.25, -0.2) is 18.4 Å². The number of nitrogens with two attached hydrogens (primary N) is 1. The van der Waals surface area contributed by atoms with E-state index in [0.29, 0.717) is 6.42 Å². The summed E-state index contributed by atoms with van der Waals surface area (Å²) in [5, 5.41) is 0. The van der Waals surface area contributed by atoms with Crippen LogP contribution in [0.15, 0.2) is 12.4 Å². The molecule has 1 aliphatic heterocycles. The van der Waals surface area contributed by atoms with E-state index in [4.69, 9.17) is 5.73 Å². The van der Waals surface area contributed by atoms with Crippen molar-refractivity contribution in [3.63, 3.8) is 0 Å². The summed E-state index contributed by atoms with van der Waals surface area (Å²) < 4.78 is 22.8. The molecule has 0 aliphatic carbocycles.